The maximum Gasteiger partial charge on any atom is 0.129 e. The van der Waals surface area contributed by atoms with Gasteiger partial charge in [-0.15, -0.1) is 0 Å². The molecule has 0 atom stereocenters. The molecule has 0 heterocycles. The standard InChI is InChI=1S/C2H3IO.H3N/c3-1-2-4;/h2H,1H2;1H3. The Morgan fingerprint density at radius 3 is 2.00 bits per heavy atom. The summed E-state index contributed by atoms with van der Waals surface area (Å²) in [6.45, 7) is 0. The quantitative estimate of drug-likeness (QED) is 0.374. The number of carbonyl (C=O) groups excluding carboxylic acids is 1. The van der Waals surface area contributed by atoms with Gasteiger partial charge < -0.3 is 10.9 Å². The molecule has 0 amide bonds. The van der Waals surface area contributed by atoms with E-state index in [9.17, 15) is 0 Å². The lowest BCUT2D eigenvalue weighted by Crippen LogP contribution is -1.61. The van der Waals surface area contributed by atoms with E-state index in [1.54, 1.807) is 0 Å². The molecule has 0 fully saturated rings. The van der Waals surface area contributed by atoms with Gasteiger partial charge in [-0.3, -0.25) is 0 Å². The second-order valence-corrected chi connectivity index (χ2v) is 1.20. The number of aldehydes is 1. The van der Waals surface area contributed by atoms with Crippen LogP contribution in [0.2, 0.25) is 0 Å². The van der Waals surface area contributed by atoms with Gasteiger partial charge in [0.05, 0.1) is 4.43 Å². The monoisotopic (exact) mass is 187 g/mol. The van der Waals surface area contributed by atoms with Crippen LogP contribution in [0.5, 0.6) is 0 Å². The van der Waals surface area contributed by atoms with Crippen molar-refractivity contribution in [3.05, 3.63) is 0 Å². The summed E-state index contributed by atoms with van der Waals surface area (Å²) >= 11 is 1.98. The number of halogens is 1. The van der Waals surface area contributed by atoms with E-state index in [2.05, 4.69) is 0 Å². The van der Waals surface area contributed by atoms with Gasteiger partial charge in [-0.1, -0.05) is 22.6 Å². The summed E-state index contributed by atoms with van der Waals surface area (Å²) in [7, 11) is 0. The molecule has 0 saturated carbocycles. The van der Waals surface area contributed by atoms with Gasteiger partial charge in [0.1, 0.15) is 6.29 Å². The van der Waals surface area contributed by atoms with Crippen LogP contribution >= 0.6 is 22.6 Å². The fraction of sp³-hybridized carbons (Fsp3) is 0.500. The van der Waals surface area contributed by atoms with Crippen molar-refractivity contribution in [2.75, 3.05) is 4.43 Å². The van der Waals surface area contributed by atoms with Crippen LogP contribution in [0.3, 0.4) is 0 Å². The number of alkyl halides is 1. The average Bonchev–Trinajstić information content (AvgIpc) is 1.37. The lowest BCUT2D eigenvalue weighted by atomic mass is 11.0. The Bertz CT molecular complexity index is 23.6. The van der Waals surface area contributed by atoms with Gasteiger partial charge >= 0.3 is 0 Å². The van der Waals surface area contributed by atoms with Crippen molar-refractivity contribution in [3.63, 3.8) is 0 Å². The van der Waals surface area contributed by atoms with Gasteiger partial charge in [-0.2, -0.15) is 0 Å². The zero-order valence-electron chi connectivity index (χ0n) is 2.78. The summed E-state index contributed by atoms with van der Waals surface area (Å²) < 4.78 is 0.609. The van der Waals surface area contributed by atoms with Crippen LogP contribution in [0.4, 0.5) is 0 Å². The molecule has 0 aliphatic heterocycles. The second kappa shape index (κ2) is 8.84. The van der Waals surface area contributed by atoms with Crippen molar-refractivity contribution in [2.24, 2.45) is 0 Å². The Morgan fingerprint density at radius 1 is 1.80 bits per heavy atom. The summed E-state index contributed by atoms with van der Waals surface area (Å²) in [5, 5.41) is 0. The summed E-state index contributed by atoms with van der Waals surface area (Å²) in [5.74, 6) is 0. The van der Waals surface area contributed by atoms with Crippen LogP contribution in [0, 0.1) is 0 Å². The minimum Gasteiger partial charge on any atom is -0.344 e. The highest BCUT2D eigenvalue weighted by molar-refractivity contribution is 14.1. The molecular formula is C2H6INO. The van der Waals surface area contributed by atoms with Gasteiger partial charge in [-0.25, -0.2) is 0 Å². The number of carbonyl (C=O) groups is 1. The predicted molar refractivity (Wildman–Crippen MR) is 30.0 cm³/mol. The zero-order chi connectivity index (χ0) is 3.41. The zero-order valence-corrected chi connectivity index (χ0v) is 4.94. The predicted octanol–water partition coefficient (Wildman–Crippen LogP) is 0.782. The highest BCUT2D eigenvalue weighted by atomic mass is 127. The molecule has 0 aromatic rings. The molecule has 3 N–H and O–H groups in total. The highest BCUT2D eigenvalue weighted by Gasteiger charge is 1.55. The van der Waals surface area contributed by atoms with Crippen LogP contribution in [0.1, 0.15) is 0 Å². The SMILES string of the molecule is N.O=CCI. The van der Waals surface area contributed by atoms with Crippen molar-refractivity contribution in [1.29, 1.82) is 0 Å². The lowest BCUT2D eigenvalue weighted by Gasteiger charge is -1.49. The minimum absolute atomic E-state index is 0. The van der Waals surface area contributed by atoms with Gasteiger partial charge in [0.25, 0.3) is 0 Å². The van der Waals surface area contributed by atoms with E-state index >= 15 is 0 Å². The van der Waals surface area contributed by atoms with Crippen LogP contribution in [-0.4, -0.2) is 10.7 Å². The maximum absolute atomic E-state index is 9.17. The summed E-state index contributed by atoms with van der Waals surface area (Å²) in [6.07, 6.45) is 0.862. The van der Waals surface area contributed by atoms with Crippen molar-refractivity contribution in [2.45, 2.75) is 0 Å². The van der Waals surface area contributed by atoms with Gasteiger partial charge in [-0.05, 0) is 0 Å². The van der Waals surface area contributed by atoms with E-state index < -0.39 is 0 Å². The highest BCUT2D eigenvalue weighted by Crippen LogP contribution is 1.67. The molecule has 0 aromatic carbocycles. The van der Waals surface area contributed by atoms with E-state index in [1.165, 1.54) is 0 Å². The van der Waals surface area contributed by atoms with E-state index in [4.69, 9.17) is 4.79 Å². The van der Waals surface area contributed by atoms with Crippen LogP contribution in [-0.2, 0) is 4.79 Å². The number of hydrogen-bond donors (Lipinski definition) is 1. The molecule has 5 heavy (non-hydrogen) atoms. The first-order valence-corrected chi connectivity index (χ1v) is 2.44. The van der Waals surface area contributed by atoms with Crippen molar-refractivity contribution < 1.29 is 4.79 Å². The first kappa shape index (κ1) is 9.03. The molecular weight excluding hydrogens is 181 g/mol. The van der Waals surface area contributed by atoms with E-state index in [0.29, 0.717) is 4.43 Å². The third-order valence-corrected chi connectivity index (χ3v) is 0.423. The van der Waals surface area contributed by atoms with E-state index in [-0.39, 0.29) is 6.15 Å². The number of hydrogen-bond acceptors (Lipinski definition) is 2. The Balaban J connectivity index is 0. The Morgan fingerprint density at radius 2 is 2.00 bits per heavy atom. The molecule has 0 spiro atoms. The molecule has 0 aliphatic carbocycles. The van der Waals surface area contributed by atoms with Crippen molar-refractivity contribution >= 4 is 28.9 Å². The van der Waals surface area contributed by atoms with Crippen LogP contribution < -0.4 is 6.15 Å². The van der Waals surface area contributed by atoms with Crippen LogP contribution in [0.25, 0.3) is 0 Å². The summed E-state index contributed by atoms with van der Waals surface area (Å²) in [4.78, 5) is 9.17. The van der Waals surface area contributed by atoms with E-state index in [1.807, 2.05) is 22.6 Å². The Kier molecular flexibility index (Phi) is 16.0. The molecule has 3 heteroatoms. The molecule has 0 saturated heterocycles. The molecule has 0 radical (unpaired) electrons. The molecule has 32 valence electrons. The number of rotatable bonds is 1. The minimum atomic E-state index is 0. The van der Waals surface area contributed by atoms with Gasteiger partial charge in [0, 0.05) is 0 Å². The molecule has 0 aliphatic rings. The first-order chi connectivity index (χ1) is 1.91. The Hall–Kier alpha value is 0.360. The summed E-state index contributed by atoms with van der Waals surface area (Å²) in [6, 6.07) is 0. The molecule has 0 aromatic heterocycles. The fourth-order valence-electron chi connectivity index (χ4n) is 0. The lowest BCUT2D eigenvalue weighted by molar-refractivity contribution is -0.105. The van der Waals surface area contributed by atoms with Gasteiger partial charge in [0.2, 0.25) is 0 Å². The second-order valence-electron chi connectivity index (χ2n) is 0.321. The van der Waals surface area contributed by atoms with Crippen molar-refractivity contribution in [3.8, 4) is 0 Å². The first-order valence-electron chi connectivity index (χ1n) is 0.911. The fourth-order valence-corrected chi connectivity index (χ4v) is 0. The molecule has 0 unspecified atom stereocenters. The van der Waals surface area contributed by atoms with Crippen molar-refractivity contribution in [1.82, 2.24) is 6.15 Å². The van der Waals surface area contributed by atoms with Crippen LogP contribution in [0.15, 0.2) is 0 Å². The maximum atomic E-state index is 9.17. The molecule has 0 rings (SSSR count). The molecule has 2 nitrogen and oxygen atoms in total. The topological polar surface area (TPSA) is 52.1 Å². The molecule has 0 bridgehead atoms. The largest absolute Gasteiger partial charge is 0.344 e. The van der Waals surface area contributed by atoms with Gasteiger partial charge in [0.15, 0.2) is 0 Å². The average molecular weight is 187 g/mol. The summed E-state index contributed by atoms with van der Waals surface area (Å²) in [5.41, 5.74) is 0. The smallest absolute Gasteiger partial charge is 0.129 e. The Labute approximate surface area is 44.7 Å². The van der Waals surface area contributed by atoms with E-state index in [0.717, 1.165) is 6.29 Å². The third kappa shape index (κ3) is 13.1. The normalized spacial score (nSPS) is 5.00. The third-order valence-electron chi connectivity index (χ3n) is 0.0630.